The third kappa shape index (κ3) is 3.82. The predicted molar refractivity (Wildman–Crippen MR) is 96.3 cm³/mol. The Hall–Kier alpha value is -2.95. The number of hydroxylamine groups is 2. The van der Waals surface area contributed by atoms with E-state index in [0.29, 0.717) is 17.4 Å². The first-order valence-corrected chi connectivity index (χ1v) is 8.72. The van der Waals surface area contributed by atoms with Crippen LogP contribution in [0.3, 0.4) is 0 Å². The number of carbonyl (C=O) groups is 3. The molecule has 0 spiro atoms. The summed E-state index contributed by atoms with van der Waals surface area (Å²) in [7, 11) is 0. The van der Waals surface area contributed by atoms with Crippen LogP contribution >= 0.6 is 0 Å². The Morgan fingerprint density at radius 3 is 2.00 bits per heavy atom. The maximum Gasteiger partial charge on any atom is 0.333 e. The lowest BCUT2D eigenvalue weighted by molar-refractivity contribution is -0.168. The number of carbonyl (C=O) groups excluding carboxylic acids is 3. The molecule has 2 amide bonds. The van der Waals surface area contributed by atoms with Crippen LogP contribution in [0.5, 0.6) is 0 Å². The molecular weight excluding hydrogens is 330 g/mol. The molecule has 0 saturated carbocycles. The van der Waals surface area contributed by atoms with Gasteiger partial charge in [-0.25, -0.2) is 4.79 Å². The quantitative estimate of drug-likeness (QED) is 0.747. The van der Waals surface area contributed by atoms with Crippen molar-refractivity contribution in [3.63, 3.8) is 0 Å². The number of hydrogen-bond acceptors (Lipinski definition) is 4. The summed E-state index contributed by atoms with van der Waals surface area (Å²) in [4.78, 5) is 41.4. The highest BCUT2D eigenvalue weighted by Gasteiger charge is 2.38. The summed E-state index contributed by atoms with van der Waals surface area (Å²) < 4.78 is 0. The fourth-order valence-electron chi connectivity index (χ4n) is 2.96. The van der Waals surface area contributed by atoms with E-state index in [-0.39, 0.29) is 17.5 Å². The molecule has 0 bridgehead atoms. The molecule has 3 rings (SSSR count). The minimum absolute atomic E-state index is 0.0942. The number of fused-ring (bicyclic) bond motifs is 1. The molecule has 5 nitrogen and oxygen atoms in total. The first kappa shape index (κ1) is 17.9. The highest BCUT2D eigenvalue weighted by Crippen LogP contribution is 2.23. The van der Waals surface area contributed by atoms with Crippen LogP contribution in [0, 0.1) is 5.92 Å². The highest BCUT2D eigenvalue weighted by molar-refractivity contribution is 6.20. The highest BCUT2D eigenvalue weighted by atomic mass is 16.7. The van der Waals surface area contributed by atoms with Gasteiger partial charge in [-0.05, 0) is 42.0 Å². The summed E-state index contributed by atoms with van der Waals surface area (Å²) in [6.45, 7) is 4.34. The maximum absolute atomic E-state index is 12.2. The monoisotopic (exact) mass is 351 g/mol. The van der Waals surface area contributed by atoms with Crippen molar-refractivity contribution in [1.29, 1.82) is 0 Å². The van der Waals surface area contributed by atoms with E-state index in [9.17, 15) is 14.4 Å². The van der Waals surface area contributed by atoms with Crippen LogP contribution in [-0.2, 0) is 22.5 Å². The summed E-state index contributed by atoms with van der Waals surface area (Å²) in [6.07, 6.45) is 1.60. The lowest BCUT2D eigenvalue weighted by Crippen LogP contribution is -2.32. The maximum atomic E-state index is 12.2. The second-order valence-corrected chi connectivity index (χ2v) is 6.83. The summed E-state index contributed by atoms with van der Waals surface area (Å²) in [5, 5.41) is 0.554. The Labute approximate surface area is 152 Å². The molecule has 0 saturated heterocycles. The second-order valence-electron chi connectivity index (χ2n) is 6.83. The van der Waals surface area contributed by atoms with Gasteiger partial charge >= 0.3 is 5.97 Å². The van der Waals surface area contributed by atoms with Crippen LogP contribution in [0.15, 0.2) is 48.5 Å². The third-order valence-corrected chi connectivity index (χ3v) is 4.23. The van der Waals surface area contributed by atoms with Crippen LogP contribution in [0.1, 0.15) is 52.1 Å². The molecule has 1 aliphatic rings. The van der Waals surface area contributed by atoms with Gasteiger partial charge in [0.25, 0.3) is 11.8 Å². The van der Waals surface area contributed by atoms with Crippen LogP contribution in [-0.4, -0.2) is 22.8 Å². The molecule has 1 aliphatic heterocycles. The van der Waals surface area contributed by atoms with Crippen LogP contribution in [0.4, 0.5) is 0 Å². The van der Waals surface area contributed by atoms with Crippen molar-refractivity contribution in [2.24, 2.45) is 5.92 Å². The smallest absolute Gasteiger partial charge is 0.330 e. The van der Waals surface area contributed by atoms with Gasteiger partial charge in [-0.3, -0.25) is 9.59 Å². The average Bonchev–Trinajstić information content (AvgIpc) is 2.86. The molecule has 0 aromatic heterocycles. The van der Waals surface area contributed by atoms with E-state index < -0.39 is 17.8 Å². The zero-order chi connectivity index (χ0) is 18.7. The Morgan fingerprint density at radius 2 is 1.46 bits per heavy atom. The lowest BCUT2D eigenvalue weighted by Gasteiger charge is -2.12. The molecule has 26 heavy (non-hydrogen) atoms. The standard InChI is InChI=1S/C21H21NO4/c1-14(2)13-16-9-7-15(8-10-16)11-12-19(23)26-22-20(24)17-5-3-4-6-18(17)21(22)25/h3-10,14H,11-13H2,1-2H3. The minimum Gasteiger partial charge on any atom is -0.330 e. The molecule has 0 N–H and O–H groups in total. The molecule has 1 heterocycles. The van der Waals surface area contributed by atoms with Crippen molar-refractivity contribution < 1.29 is 19.2 Å². The summed E-state index contributed by atoms with van der Waals surface area (Å²) >= 11 is 0. The van der Waals surface area contributed by atoms with Crippen molar-refractivity contribution in [3.8, 4) is 0 Å². The summed E-state index contributed by atoms with van der Waals surface area (Å²) in [6, 6.07) is 14.5. The van der Waals surface area contributed by atoms with Gasteiger partial charge in [0.15, 0.2) is 0 Å². The fraction of sp³-hybridized carbons (Fsp3) is 0.286. The van der Waals surface area contributed by atoms with Crippen molar-refractivity contribution in [1.82, 2.24) is 5.06 Å². The molecule has 0 aliphatic carbocycles. The first-order chi connectivity index (χ1) is 12.5. The number of benzene rings is 2. The number of imide groups is 1. The second kappa shape index (κ2) is 7.52. The van der Waals surface area contributed by atoms with Gasteiger partial charge in [0.05, 0.1) is 17.5 Å². The molecule has 0 atom stereocenters. The Kier molecular flexibility index (Phi) is 5.16. The van der Waals surface area contributed by atoms with E-state index in [1.54, 1.807) is 24.3 Å². The molecule has 2 aromatic rings. The van der Waals surface area contributed by atoms with E-state index in [2.05, 4.69) is 26.0 Å². The van der Waals surface area contributed by atoms with Crippen LogP contribution in [0.2, 0.25) is 0 Å². The zero-order valence-corrected chi connectivity index (χ0v) is 14.9. The van der Waals surface area contributed by atoms with E-state index in [4.69, 9.17) is 4.84 Å². The van der Waals surface area contributed by atoms with Gasteiger partial charge in [0.2, 0.25) is 0 Å². The number of nitrogens with zero attached hydrogens (tertiary/aromatic N) is 1. The number of aryl methyl sites for hydroxylation is 1. The summed E-state index contributed by atoms with van der Waals surface area (Å²) in [5.41, 5.74) is 2.78. The molecule has 5 heteroatoms. The molecule has 0 fully saturated rings. The molecular formula is C21H21NO4. The van der Waals surface area contributed by atoms with Gasteiger partial charge < -0.3 is 4.84 Å². The topological polar surface area (TPSA) is 63.7 Å². The number of amides is 2. The Balaban J connectivity index is 1.55. The minimum atomic E-state index is -0.606. The van der Waals surface area contributed by atoms with E-state index in [1.165, 1.54) is 5.56 Å². The van der Waals surface area contributed by atoms with Crippen LogP contribution in [0.25, 0.3) is 0 Å². The van der Waals surface area contributed by atoms with Crippen molar-refractivity contribution in [2.75, 3.05) is 0 Å². The van der Waals surface area contributed by atoms with Crippen molar-refractivity contribution >= 4 is 17.8 Å². The van der Waals surface area contributed by atoms with E-state index in [1.807, 2.05) is 12.1 Å². The van der Waals surface area contributed by atoms with E-state index >= 15 is 0 Å². The molecule has 134 valence electrons. The summed E-state index contributed by atoms with van der Waals surface area (Å²) in [5.74, 6) is -1.21. The van der Waals surface area contributed by atoms with Crippen molar-refractivity contribution in [3.05, 3.63) is 70.8 Å². The Morgan fingerprint density at radius 1 is 0.923 bits per heavy atom. The van der Waals surface area contributed by atoms with Gasteiger partial charge in [-0.2, -0.15) is 0 Å². The van der Waals surface area contributed by atoms with Gasteiger partial charge in [0.1, 0.15) is 0 Å². The normalized spacial score (nSPS) is 13.3. The van der Waals surface area contributed by atoms with Crippen molar-refractivity contribution in [2.45, 2.75) is 33.1 Å². The lowest BCUT2D eigenvalue weighted by atomic mass is 10.0. The SMILES string of the molecule is CC(C)Cc1ccc(CCC(=O)ON2C(=O)c3ccccc3C2=O)cc1. The van der Waals surface area contributed by atoms with Gasteiger partial charge in [-0.15, -0.1) is 0 Å². The fourth-order valence-corrected chi connectivity index (χ4v) is 2.96. The molecule has 0 radical (unpaired) electrons. The molecule has 0 unspecified atom stereocenters. The third-order valence-electron chi connectivity index (χ3n) is 4.23. The number of hydrogen-bond donors (Lipinski definition) is 0. The largest absolute Gasteiger partial charge is 0.333 e. The Bertz CT molecular complexity index is 804. The first-order valence-electron chi connectivity index (χ1n) is 8.72. The predicted octanol–water partition coefficient (Wildman–Crippen LogP) is 3.57. The average molecular weight is 351 g/mol. The van der Waals surface area contributed by atoms with Gasteiger partial charge in [-0.1, -0.05) is 55.3 Å². The zero-order valence-electron chi connectivity index (χ0n) is 14.9. The van der Waals surface area contributed by atoms with Gasteiger partial charge in [0, 0.05) is 0 Å². The number of rotatable bonds is 6. The van der Waals surface area contributed by atoms with Crippen LogP contribution < -0.4 is 0 Å². The molecule has 2 aromatic carbocycles. The van der Waals surface area contributed by atoms with E-state index in [0.717, 1.165) is 12.0 Å².